The maximum absolute atomic E-state index is 13.0. The van der Waals surface area contributed by atoms with E-state index < -0.39 is 0 Å². The molecule has 0 unspecified atom stereocenters. The summed E-state index contributed by atoms with van der Waals surface area (Å²) in [6.45, 7) is 8.83. The molecule has 3 amide bonds. The maximum Gasteiger partial charge on any atom is 0.228 e. The van der Waals surface area contributed by atoms with Crippen molar-refractivity contribution in [2.75, 3.05) is 37.7 Å². The summed E-state index contributed by atoms with van der Waals surface area (Å²) in [6, 6.07) is 7.81. The number of rotatable bonds is 8. The van der Waals surface area contributed by atoms with Crippen molar-refractivity contribution >= 4 is 23.4 Å². The third-order valence-electron chi connectivity index (χ3n) is 6.07. The maximum atomic E-state index is 13.0. The van der Waals surface area contributed by atoms with Crippen molar-refractivity contribution in [1.29, 1.82) is 0 Å². The van der Waals surface area contributed by atoms with Gasteiger partial charge in [-0.25, -0.2) is 0 Å². The zero-order chi connectivity index (χ0) is 22.4. The Balaban J connectivity index is 1.42. The lowest BCUT2D eigenvalue weighted by Gasteiger charge is -2.33. The number of nitrogens with zero attached hydrogens (tertiary/aromatic N) is 2. The number of benzene rings is 1. The number of carbonyl (C=O) groups excluding carboxylic acids is 3. The minimum absolute atomic E-state index is 0.00193. The molecule has 7 heteroatoms. The molecule has 2 fully saturated rings. The van der Waals surface area contributed by atoms with Gasteiger partial charge in [-0.3, -0.25) is 14.4 Å². The predicted octanol–water partition coefficient (Wildman–Crippen LogP) is 2.52. The molecule has 0 saturated carbocycles. The van der Waals surface area contributed by atoms with Gasteiger partial charge in [0, 0.05) is 50.8 Å². The standard InChI is InChI=1S/C24H35N3O4/c1-17(2)31-14-4-11-25-23(29)19-9-12-26(13-10-19)24(30)20-15-22(28)27(16-20)21-7-5-18(3)6-8-21/h5-8,17,19-20H,4,9-16H2,1-3H3,(H,25,29)/t20-/m0/s1. The number of hydrogen-bond donors (Lipinski definition) is 1. The van der Waals surface area contributed by atoms with E-state index >= 15 is 0 Å². The van der Waals surface area contributed by atoms with Gasteiger partial charge in [-0.1, -0.05) is 17.7 Å². The van der Waals surface area contributed by atoms with Gasteiger partial charge in [-0.2, -0.15) is 0 Å². The Kier molecular flexibility index (Phi) is 8.07. The third kappa shape index (κ3) is 6.29. The fourth-order valence-electron chi connectivity index (χ4n) is 4.21. The van der Waals surface area contributed by atoms with Gasteiger partial charge in [-0.05, 0) is 52.2 Å². The van der Waals surface area contributed by atoms with Crippen molar-refractivity contribution in [2.45, 2.75) is 52.6 Å². The number of amides is 3. The normalized spacial score (nSPS) is 19.9. The molecule has 31 heavy (non-hydrogen) atoms. The predicted molar refractivity (Wildman–Crippen MR) is 120 cm³/mol. The van der Waals surface area contributed by atoms with Gasteiger partial charge in [0.2, 0.25) is 17.7 Å². The molecule has 1 aromatic rings. The Labute approximate surface area is 185 Å². The van der Waals surface area contributed by atoms with Crippen molar-refractivity contribution in [3.05, 3.63) is 29.8 Å². The molecule has 0 bridgehead atoms. The summed E-state index contributed by atoms with van der Waals surface area (Å²) in [7, 11) is 0. The lowest BCUT2D eigenvalue weighted by atomic mass is 9.94. The average molecular weight is 430 g/mol. The summed E-state index contributed by atoms with van der Waals surface area (Å²) in [6.07, 6.45) is 2.60. The molecule has 1 atom stereocenters. The number of aryl methyl sites for hydroxylation is 1. The largest absolute Gasteiger partial charge is 0.379 e. The van der Waals surface area contributed by atoms with Crippen LogP contribution in [0.5, 0.6) is 0 Å². The fraction of sp³-hybridized carbons (Fsp3) is 0.625. The highest BCUT2D eigenvalue weighted by Gasteiger charge is 2.38. The molecule has 2 aliphatic heterocycles. The SMILES string of the molecule is Cc1ccc(N2C[C@@H](C(=O)N3CCC(C(=O)NCCCOC(C)C)CC3)CC2=O)cc1. The fourth-order valence-corrected chi connectivity index (χ4v) is 4.21. The molecule has 0 spiro atoms. The second kappa shape index (κ2) is 10.8. The molecule has 0 aromatic heterocycles. The first-order chi connectivity index (χ1) is 14.8. The molecular formula is C24H35N3O4. The Bertz CT molecular complexity index is 770. The van der Waals surface area contributed by atoms with Crippen molar-refractivity contribution < 1.29 is 19.1 Å². The first kappa shape index (κ1) is 23.3. The van der Waals surface area contributed by atoms with Crippen LogP contribution >= 0.6 is 0 Å². The molecule has 2 aliphatic rings. The van der Waals surface area contributed by atoms with Crippen LogP contribution in [0.15, 0.2) is 24.3 Å². The smallest absolute Gasteiger partial charge is 0.228 e. The minimum Gasteiger partial charge on any atom is -0.379 e. The molecule has 3 rings (SSSR count). The molecule has 2 heterocycles. The van der Waals surface area contributed by atoms with E-state index in [9.17, 15) is 14.4 Å². The Morgan fingerprint density at radius 3 is 2.45 bits per heavy atom. The van der Waals surface area contributed by atoms with Gasteiger partial charge >= 0.3 is 0 Å². The number of nitrogens with one attached hydrogen (secondary N) is 1. The lowest BCUT2D eigenvalue weighted by Crippen LogP contribution is -2.45. The number of hydrogen-bond acceptors (Lipinski definition) is 4. The van der Waals surface area contributed by atoms with E-state index in [0.717, 1.165) is 17.7 Å². The molecule has 170 valence electrons. The zero-order valence-corrected chi connectivity index (χ0v) is 18.9. The summed E-state index contributed by atoms with van der Waals surface area (Å²) < 4.78 is 5.48. The number of piperidine rings is 1. The van der Waals surface area contributed by atoms with E-state index in [1.165, 1.54) is 0 Å². The first-order valence-electron chi connectivity index (χ1n) is 11.4. The molecule has 0 aliphatic carbocycles. The number of carbonyl (C=O) groups is 3. The third-order valence-corrected chi connectivity index (χ3v) is 6.07. The molecule has 7 nitrogen and oxygen atoms in total. The van der Waals surface area contributed by atoms with Crippen LogP contribution < -0.4 is 10.2 Å². The average Bonchev–Trinajstić information content (AvgIpc) is 3.15. The molecular weight excluding hydrogens is 394 g/mol. The highest BCUT2D eigenvalue weighted by Crippen LogP contribution is 2.28. The topological polar surface area (TPSA) is 79.0 Å². The Morgan fingerprint density at radius 2 is 1.81 bits per heavy atom. The second-order valence-corrected chi connectivity index (χ2v) is 8.90. The molecule has 0 radical (unpaired) electrons. The Hall–Kier alpha value is -2.41. The van der Waals surface area contributed by atoms with Crippen LogP contribution in [0.3, 0.4) is 0 Å². The van der Waals surface area contributed by atoms with E-state index in [1.54, 1.807) is 4.90 Å². The molecule has 1 aromatic carbocycles. The first-order valence-corrected chi connectivity index (χ1v) is 11.4. The van der Waals surface area contributed by atoms with Crippen molar-refractivity contribution in [3.8, 4) is 0 Å². The number of likely N-dealkylation sites (tertiary alicyclic amines) is 1. The van der Waals surface area contributed by atoms with Crippen LogP contribution in [0.4, 0.5) is 5.69 Å². The van der Waals surface area contributed by atoms with Gasteiger partial charge in [0.15, 0.2) is 0 Å². The summed E-state index contributed by atoms with van der Waals surface area (Å²) in [5.74, 6) is -0.256. The van der Waals surface area contributed by atoms with Crippen LogP contribution in [0.1, 0.15) is 45.1 Å². The van der Waals surface area contributed by atoms with Crippen LogP contribution in [0.2, 0.25) is 0 Å². The van der Waals surface area contributed by atoms with E-state index in [-0.39, 0.29) is 42.1 Å². The number of anilines is 1. The van der Waals surface area contributed by atoms with Gasteiger partial charge in [0.05, 0.1) is 12.0 Å². The van der Waals surface area contributed by atoms with Crippen LogP contribution in [0.25, 0.3) is 0 Å². The van der Waals surface area contributed by atoms with Crippen molar-refractivity contribution in [1.82, 2.24) is 10.2 Å². The van der Waals surface area contributed by atoms with Gasteiger partial charge in [-0.15, -0.1) is 0 Å². The molecule has 1 N–H and O–H groups in total. The van der Waals surface area contributed by atoms with Crippen LogP contribution in [0, 0.1) is 18.8 Å². The quantitative estimate of drug-likeness (QED) is 0.644. The minimum atomic E-state index is -0.305. The van der Waals surface area contributed by atoms with Crippen molar-refractivity contribution in [2.24, 2.45) is 11.8 Å². The number of ether oxygens (including phenoxy) is 1. The van der Waals surface area contributed by atoms with E-state index in [4.69, 9.17) is 4.74 Å². The lowest BCUT2D eigenvalue weighted by molar-refractivity contribution is -0.139. The van der Waals surface area contributed by atoms with E-state index in [0.29, 0.717) is 45.6 Å². The van der Waals surface area contributed by atoms with Crippen molar-refractivity contribution in [3.63, 3.8) is 0 Å². The van der Waals surface area contributed by atoms with Crippen LogP contribution in [-0.2, 0) is 19.1 Å². The monoisotopic (exact) mass is 429 g/mol. The van der Waals surface area contributed by atoms with Crippen LogP contribution in [-0.4, -0.2) is 61.5 Å². The molecule has 2 saturated heterocycles. The summed E-state index contributed by atoms with van der Waals surface area (Å²) in [5.41, 5.74) is 1.99. The summed E-state index contributed by atoms with van der Waals surface area (Å²) in [5, 5.41) is 2.99. The highest BCUT2D eigenvalue weighted by molar-refractivity contribution is 6.00. The van der Waals surface area contributed by atoms with E-state index in [1.807, 2.05) is 49.9 Å². The second-order valence-electron chi connectivity index (χ2n) is 8.90. The summed E-state index contributed by atoms with van der Waals surface area (Å²) >= 11 is 0. The van der Waals surface area contributed by atoms with Gasteiger partial charge in [0.1, 0.15) is 0 Å². The summed E-state index contributed by atoms with van der Waals surface area (Å²) in [4.78, 5) is 41.4. The van der Waals surface area contributed by atoms with Gasteiger partial charge in [0.25, 0.3) is 0 Å². The van der Waals surface area contributed by atoms with E-state index in [2.05, 4.69) is 5.32 Å². The van der Waals surface area contributed by atoms with Gasteiger partial charge < -0.3 is 19.9 Å². The highest BCUT2D eigenvalue weighted by atomic mass is 16.5. The zero-order valence-electron chi connectivity index (χ0n) is 18.9. The Morgan fingerprint density at radius 1 is 1.13 bits per heavy atom.